The summed E-state index contributed by atoms with van der Waals surface area (Å²) in [6, 6.07) is 16.9. The molecule has 0 radical (unpaired) electrons. The molecule has 0 saturated heterocycles. The molecule has 0 aliphatic carbocycles. The van der Waals surface area contributed by atoms with Gasteiger partial charge < -0.3 is 16.4 Å². The molecule has 4 aromatic rings. The monoisotopic (exact) mass is 523 g/mol. The topological polar surface area (TPSA) is 145 Å². The van der Waals surface area contributed by atoms with Gasteiger partial charge in [0.25, 0.3) is 11.8 Å². The minimum atomic E-state index is -0.836. The van der Waals surface area contributed by atoms with Gasteiger partial charge in [0.05, 0.1) is 15.4 Å². The van der Waals surface area contributed by atoms with Gasteiger partial charge in [-0.25, -0.2) is 4.68 Å². The maximum atomic E-state index is 13.1. The quantitative estimate of drug-likeness (QED) is 0.290. The molecule has 0 fully saturated rings. The van der Waals surface area contributed by atoms with Crippen molar-refractivity contribution in [2.75, 3.05) is 6.54 Å². The van der Waals surface area contributed by atoms with E-state index in [1.165, 1.54) is 23.1 Å². The van der Waals surface area contributed by atoms with Crippen LogP contribution < -0.4 is 16.4 Å². The highest BCUT2D eigenvalue weighted by atomic mass is 35.5. The maximum Gasteiger partial charge on any atom is 0.262 e. The fourth-order valence-electron chi connectivity index (χ4n) is 3.57. The van der Waals surface area contributed by atoms with Gasteiger partial charge in [0, 0.05) is 18.0 Å². The number of rotatable bonds is 10. The Morgan fingerprint density at radius 3 is 2.53 bits per heavy atom. The van der Waals surface area contributed by atoms with Crippen molar-refractivity contribution in [1.29, 1.82) is 0 Å². The Bertz CT molecular complexity index is 1360. The van der Waals surface area contributed by atoms with Crippen molar-refractivity contribution >= 4 is 40.7 Å². The van der Waals surface area contributed by atoms with Crippen LogP contribution in [0.4, 0.5) is 0 Å². The number of tetrazole rings is 1. The van der Waals surface area contributed by atoms with Crippen LogP contribution >= 0.6 is 22.9 Å². The van der Waals surface area contributed by atoms with E-state index >= 15 is 0 Å². The van der Waals surface area contributed by atoms with E-state index in [9.17, 15) is 14.4 Å². The van der Waals surface area contributed by atoms with E-state index in [1.807, 2.05) is 30.3 Å². The van der Waals surface area contributed by atoms with E-state index in [-0.39, 0.29) is 10.8 Å². The lowest BCUT2D eigenvalue weighted by molar-refractivity contribution is -0.122. The zero-order valence-corrected chi connectivity index (χ0v) is 20.5. The van der Waals surface area contributed by atoms with Crippen molar-refractivity contribution in [3.05, 3.63) is 92.9 Å². The Morgan fingerprint density at radius 1 is 1.06 bits per heavy atom. The SMILES string of the molecule is NC(=O)c1ccc(C(=O)NC(Cc2ccccc2)C(=O)NCCc2cc(Cl)ccc2-n2cnnn2)s1. The maximum absolute atomic E-state index is 13.1. The van der Waals surface area contributed by atoms with Gasteiger partial charge in [-0.1, -0.05) is 41.9 Å². The Labute approximate surface area is 215 Å². The lowest BCUT2D eigenvalue weighted by Gasteiger charge is -2.19. The van der Waals surface area contributed by atoms with Crippen molar-refractivity contribution in [3.63, 3.8) is 0 Å². The first-order valence-corrected chi connectivity index (χ1v) is 12.1. The van der Waals surface area contributed by atoms with E-state index in [2.05, 4.69) is 26.2 Å². The summed E-state index contributed by atoms with van der Waals surface area (Å²) in [7, 11) is 0. The summed E-state index contributed by atoms with van der Waals surface area (Å²) >= 11 is 7.15. The number of hydrogen-bond donors (Lipinski definition) is 3. The average Bonchev–Trinajstić information content (AvgIpc) is 3.57. The number of thiophene rings is 1. The summed E-state index contributed by atoms with van der Waals surface area (Å²) in [5, 5.41) is 17.5. The molecule has 0 bridgehead atoms. The fourth-order valence-corrected chi connectivity index (χ4v) is 4.53. The molecule has 0 saturated carbocycles. The fraction of sp³-hybridized carbons (Fsp3) is 0.167. The van der Waals surface area contributed by atoms with Crippen molar-refractivity contribution in [1.82, 2.24) is 30.8 Å². The van der Waals surface area contributed by atoms with Crippen LogP contribution in [0.25, 0.3) is 5.69 Å². The molecular weight excluding hydrogens is 502 g/mol. The molecule has 184 valence electrons. The van der Waals surface area contributed by atoms with Gasteiger partial charge in [0.2, 0.25) is 5.91 Å². The predicted molar refractivity (Wildman–Crippen MR) is 135 cm³/mol. The van der Waals surface area contributed by atoms with E-state index in [4.69, 9.17) is 17.3 Å². The smallest absolute Gasteiger partial charge is 0.262 e. The number of benzene rings is 2. The van der Waals surface area contributed by atoms with Crippen LogP contribution in [0.5, 0.6) is 0 Å². The number of aromatic nitrogens is 4. The van der Waals surface area contributed by atoms with Gasteiger partial charge in [0.15, 0.2) is 0 Å². The van der Waals surface area contributed by atoms with Gasteiger partial charge in [-0.3, -0.25) is 14.4 Å². The van der Waals surface area contributed by atoms with Crippen LogP contribution in [0.3, 0.4) is 0 Å². The number of halogens is 1. The second kappa shape index (κ2) is 11.6. The zero-order chi connectivity index (χ0) is 25.5. The Morgan fingerprint density at radius 2 is 1.83 bits per heavy atom. The van der Waals surface area contributed by atoms with Crippen LogP contribution in [0.15, 0.2) is 67.0 Å². The molecule has 2 heterocycles. The number of carbonyl (C=O) groups excluding carboxylic acids is 3. The van der Waals surface area contributed by atoms with Crippen LogP contribution in [-0.2, 0) is 17.6 Å². The standard InChI is InChI=1S/C24H22ClN7O3S/c25-17-6-7-19(32-14-28-30-31-32)16(13-17)10-11-27-23(34)18(12-15-4-2-1-3-5-15)29-24(35)21-9-8-20(36-21)22(26)33/h1-9,13-14,18H,10-12H2,(H2,26,33)(H,27,34)(H,29,35). The molecule has 12 heteroatoms. The van der Waals surface area contributed by atoms with Crippen LogP contribution in [0.1, 0.15) is 30.5 Å². The minimum Gasteiger partial charge on any atom is -0.365 e. The highest BCUT2D eigenvalue weighted by molar-refractivity contribution is 7.15. The first-order valence-electron chi connectivity index (χ1n) is 10.9. The number of nitrogens with two attached hydrogens (primary N) is 1. The number of hydrogen-bond acceptors (Lipinski definition) is 7. The summed E-state index contributed by atoms with van der Waals surface area (Å²) < 4.78 is 1.52. The van der Waals surface area contributed by atoms with Gasteiger partial charge in [-0.05, 0) is 58.3 Å². The second-order valence-corrected chi connectivity index (χ2v) is 9.33. The molecule has 3 amide bonds. The molecule has 4 rings (SSSR count). The first kappa shape index (κ1) is 25.0. The molecular formula is C24H22ClN7O3S. The Balaban J connectivity index is 1.45. The third-order valence-electron chi connectivity index (χ3n) is 5.31. The van der Waals surface area contributed by atoms with E-state index in [0.29, 0.717) is 29.3 Å². The van der Waals surface area contributed by atoms with Gasteiger partial charge in [0.1, 0.15) is 12.4 Å². The third kappa shape index (κ3) is 6.32. The van der Waals surface area contributed by atoms with Crippen molar-refractivity contribution < 1.29 is 14.4 Å². The van der Waals surface area contributed by atoms with E-state index in [0.717, 1.165) is 28.2 Å². The minimum absolute atomic E-state index is 0.268. The van der Waals surface area contributed by atoms with Crippen LogP contribution in [0, 0.1) is 0 Å². The summed E-state index contributed by atoms with van der Waals surface area (Å²) in [6.45, 7) is 0.292. The van der Waals surface area contributed by atoms with Gasteiger partial charge in [-0.2, -0.15) is 0 Å². The molecule has 2 aromatic heterocycles. The summed E-state index contributed by atoms with van der Waals surface area (Å²) in [6.07, 6.45) is 2.23. The Kier molecular flexibility index (Phi) is 8.03. The van der Waals surface area contributed by atoms with E-state index in [1.54, 1.807) is 18.2 Å². The highest BCUT2D eigenvalue weighted by Gasteiger charge is 2.23. The largest absolute Gasteiger partial charge is 0.365 e. The molecule has 10 nitrogen and oxygen atoms in total. The molecule has 0 spiro atoms. The Hall–Kier alpha value is -4.09. The molecule has 1 atom stereocenters. The van der Waals surface area contributed by atoms with E-state index < -0.39 is 17.9 Å². The summed E-state index contributed by atoms with van der Waals surface area (Å²) in [4.78, 5) is 37.9. The molecule has 2 aromatic carbocycles. The van der Waals surface area contributed by atoms with Crippen molar-refractivity contribution in [2.45, 2.75) is 18.9 Å². The molecule has 0 aliphatic rings. The molecule has 0 aliphatic heterocycles. The van der Waals surface area contributed by atoms with Crippen LogP contribution in [0.2, 0.25) is 5.02 Å². The molecule has 1 unspecified atom stereocenters. The lowest BCUT2D eigenvalue weighted by Crippen LogP contribution is -2.48. The van der Waals surface area contributed by atoms with Crippen molar-refractivity contribution in [3.8, 4) is 5.69 Å². The number of amides is 3. The number of carbonyl (C=O) groups is 3. The average molecular weight is 524 g/mol. The third-order valence-corrected chi connectivity index (χ3v) is 6.64. The number of nitrogens with one attached hydrogen (secondary N) is 2. The normalized spacial score (nSPS) is 11.6. The van der Waals surface area contributed by atoms with Gasteiger partial charge in [-0.15, -0.1) is 16.4 Å². The lowest BCUT2D eigenvalue weighted by atomic mass is 10.0. The van der Waals surface area contributed by atoms with Gasteiger partial charge >= 0.3 is 0 Å². The van der Waals surface area contributed by atoms with Crippen LogP contribution in [-0.4, -0.2) is 50.5 Å². The molecule has 4 N–H and O–H groups in total. The van der Waals surface area contributed by atoms with Crippen molar-refractivity contribution in [2.24, 2.45) is 5.73 Å². The summed E-state index contributed by atoms with van der Waals surface area (Å²) in [5.41, 5.74) is 7.76. The number of nitrogens with zero attached hydrogens (tertiary/aromatic N) is 4. The first-order chi connectivity index (χ1) is 17.4. The second-order valence-electron chi connectivity index (χ2n) is 7.81. The highest BCUT2D eigenvalue weighted by Crippen LogP contribution is 2.19. The predicted octanol–water partition coefficient (Wildman–Crippen LogP) is 2.18. The number of primary amides is 1. The zero-order valence-electron chi connectivity index (χ0n) is 18.9. The molecule has 36 heavy (non-hydrogen) atoms. The summed E-state index contributed by atoms with van der Waals surface area (Å²) in [5.74, 6) is -1.41.